The van der Waals surface area contributed by atoms with Crippen LogP contribution in [0.25, 0.3) is 0 Å². The average Bonchev–Trinajstić information content (AvgIpc) is 2.25. The molecule has 0 saturated heterocycles. The number of anilines is 1. The molecule has 0 bridgehead atoms. The Kier molecular flexibility index (Phi) is 3.65. The summed E-state index contributed by atoms with van der Waals surface area (Å²) >= 11 is 0. The van der Waals surface area contributed by atoms with Gasteiger partial charge in [-0.05, 0) is 12.1 Å². The molecule has 3 nitrogen and oxygen atoms in total. The topological polar surface area (TPSA) is 37.4 Å². The third kappa shape index (κ3) is 2.82. The van der Waals surface area contributed by atoms with Crippen molar-refractivity contribution in [3.63, 3.8) is 0 Å². The Morgan fingerprint density at radius 1 is 1.25 bits per heavy atom. The van der Waals surface area contributed by atoms with Crippen LogP contribution < -0.4 is 4.90 Å². The number of alkyl halides is 3. The van der Waals surface area contributed by atoms with Crippen LogP contribution in [0.15, 0.2) is 30.3 Å². The van der Waals surface area contributed by atoms with Gasteiger partial charge in [0.25, 0.3) is 0 Å². The monoisotopic (exact) mass is 231 g/mol. The molecule has 86 valence electrons. The standard InChI is InChI=1S/C10H8F3NO2/c11-10(12,13)9(16)14(6-7-15)8-4-2-1-3-5-8/h1-5,7H,6H2. The molecule has 0 spiro atoms. The highest BCUT2D eigenvalue weighted by molar-refractivity contribution is 5.99. The number of hydrogen-bond donors (Lipinski definition) is 0. The highest BCUT2D eigenvalue weighted by Gasteiger charge is 2.42. The maximum absolute atomic E-state index is 12.2. The minimum atomic E-state index is -4.99. The number of amides is 1. The Labute approximate surface area is 89.5 Å². The molecule has 6 heteroatoms. The van der Waals surface area contributed by atoms with E-state index in [-0.39, 0.29) is 12.0 Å². The van der Waals surface area contributed by atoms with Crippen molar-refractivity contribution < 1.29 is 22.8 Å². The molecule has 0 aliphatic carbocycles. The Hall–Kier alpha value is -1.85. The summed E-state index contributed by atoms with van der Waals surface area (Å²) in [5, 5.41) is 0. The molecule has 1 amide bonds. The molecule has 0 atom stereocenters. The third-order valence-electron chi connectivity index (χ3n) is 1.81. The highest BCUT2D eigenvalue weighted by Crippen LogP contribution is 2.22. The van der Waals surface area contributed by atoms with Crippen LogP contribution in [0.2, 0.25) is 0 Å². The Morgan fingerprint density at radius 2 is 1.81 bits per heavy atom. The quantitative estimate of drug-likeness (QED) is 0.743. The van der Waals surface area contributed by atoms with Crippen molar-refractivity contribution in [3.8, 4) is 0 Å². The van der Waals surface area contributed by atoms with E-state index in [1.54, 1.807) is 6.07 Å². The molecule has 0 N–H and O–H groups in total. The molecular formula is C10H8F3NO2. The number of carbonyl (C=O) groups excluding carboxylic acids is 2. The SMILES string of the molecule is O=CCN(C(=O)C(F)(F)F)c1ccccc1. The Bertz CT molecular complexity index is 375. The summed E-state index contributed by atoms with van der Waals surface area (Å²) in [5.74, 6) is -2.05. The zero-order valence-corrected chi connectivity index (χ0v) is 8.07. The smallest absolute Gasteiger partial charge is 0.301 e. The first-order chi connectivity index (χ1) is 7.46. The van der Waals surface area contributed by atoms with Crippen LogP contribution in [-0.2, 0) is 9.59 Å². The van der Waals surface area contributed by atoms with Crippen LogP contribution in [-0.4, -0.2) is 24.9 Å². The fourth-order valence-corrected chi connectivity index (χ4v) is 1.14. The van der Waals surface area contributed by atoms with Gasteiger partial charge in [-0.25, -0.2) is 0 Å². The first-order valence-corrected chi connectivity index (χ1v) is 4.34. The minimum Gasteiger partial charge on any atom is -0.301 e. The van der Waals surface area contributed by atoms with Gasteiger partial charge in [0.05, 0.1) is 6.54 Å². The van der Waals surface area contributed by atoms with E-state index in [2.05, 4.69) is 0 Å². The van der Waals surface area contributed by atoms with Crippen molar-refractivity contribution in [3.05, 3.63) is 30.3 Å². The van der Waals surface area contributed by atoms with E-state index < -0.39 is 18.6 Å². The van der Waals surface area contributed by atoms with Crippen molar-refractivity contribution in [1.82, 2.24) is 0 Å². The van der Waals surface area contributed by atoms with E-state index in [1.165, 1.54) is 24.3 Å². The van der Waals surface area contributed by atoms with Crippen LogP contribution >= 0.6 is 0 Å². The second-order valence-electron chi connectivity index (χ2n) is 2.92. The highest BCUT2D eigenvalue weighted by atomic mass is 19.4. The lowest BCUT2D eigenvalue weighted by atomic mass is 10.3. The summed E-state index contributed by atoms with van der Waals surface area (Å²) in [6, 6.07) is 7.22. The van der Waals surface area contributed by atoms with Gasteiger partial charge in [0.2, 0.25) is 0 Å². The van der Waals surface area contributed by atoms with E-state index in [9.17, 15) is 22.8 Å². The predicted octanol–water partition coefficient (Wildman–Crippen LogP) is 1.78. The molecule has 0 heterocycles. The third-order valence-corrected chi connectivity index (χ3v) is 1.81. The van der Waals surface area contributed by atoms with Gasteiger partial charge >= 0.3 is 12.1 Å². The van der Waals surface area contributed by atoms with E-state index in [1.807, 2.05) is 0 Å². The van der Waals surface area contributed by atoms with Crippen molar-refractivity contribution in [2.45, 2.75) is 6.18 Å². The molecule has 0 aromatic heterocycles. The van der Waals surface area contributed by atoms with Crippen molar-refractivity contribution in [2.24, 2.45) is 0 Å². The number of para-hydroxylation sites is 1. The normalized spacial score (nSPS) is 10.9. The molecule has 16 heavy (non-hydrogen) atoms. The lowest BCUT2D eigenvalue weighted by molar-refractivity contribution is -0.170. The molecule has 1 aromatic rings. The fraction of sp³-hybridized carbons (Fsp3) is 0.200. The van der Waals surface area contributed by atoms with Gasteiger partial charge in [0.15, 0.2) is 0 Å². The van der Waals surface area contributed by atoms with Crippen LogP contribution in [0.4, 0.5) is 18.9 Å². The first kappa shape index (κ1) is 12.2. The molecular weight excluding hydrogens is 223 g/mol. The summed E-state index contributed by atoms with van der Waals surface area (Å²) < 4.78 is 36.6. The van der Waals surface area contributed by atoms with E-state index in [4.69, 9.17) is 0 Å². The van der Waals surface area contributed by atoms with E-state index in [0.29, 0.717) is 4.90 Å². The minimum absolute atomic E-state index is 0.0388. The molecule has 0 aliphatic rings. The number of benzene rings is 1. The van der Waals surface area contributed by atoms with Crippen molar-refractivity contribution in [2.75, 3.05) is 11.4 Å². The summed E-state index contributed by atoms with van der Waals surface area (Å²) in [7, 11) is 0. The van der Waals surface area contributed by atoms with Gasteiger partial charge in [0.1, 0.15) is 6.29 Å². The van der Waals surface area contributed by atoms with Gasteiger partial charge in [-0.2, -0.15) is 13.2 Å². The summed E-state index contributed by atoms with van der Waals surface area (Å²) in [6.07, 6.45) is -4.74. The van der Waals surface area contributed by atoms with Crippen LogP contribution in [0, 0.1) is 0 Å². The molecule has 0 aliphatic heterocycles. The lowest BCUT2D eigenvalue weighted by Gasteiger charge is -2.21. The number of halogens is 3. The number of nitrogens with zero attached hydrogens (tertiary/aromatic N) is 1. The maximum atomic E-state index is 12.2. The number of aldehydes is 1. The predicted molar refractivity (Wildman–Crippen MR) is 50.9 cm³/mol. The first-order valence-electron chi connectivity index (χ1n) is 4.34. The molecule has 0 unspecified atom stereocenters. The Balaban J connectivity index is 3.01. The van der Waals surface area contributed by atoms with E-state index in [0.717, 1.165) is 0 Å². The second-order valence-corrected chi connectivity index (χ2v) is 2.92. The van der Waals surface area contributed by atoms with Crippen molar-refractivity contribution >= 4 is 17.9 Å². The molecule has 1 aromatic carbocycles. The lowest BCUT2D eigenvalue weighted by Crippen LogP contribution is -2.42. The molecule has 0 fully saturated rings. The van der Waals surface area contributed by atoms with Crippen LogP contribution in [0.1, 0.15) is 0 Å². The molecule has 1 rings (SSSR count). The van der Waals surface area contributed by atoms with Gasteiger partial charge in [-0.3, -0.25) is 9.69 Å². The number of carbonyl (C=O) groups is 2. The van der Waals surface area contributed by atoms with Gasteiger partial charge in [-0.1, -0.05) is 18.2 Å². The number of hydrogen-bond acceptors (Lipinski definition) is 2. The largest absolute Gasteiger partial charge is 0.471 e. The average molecular weight is 231 g/mol. The maximum Gasteiger partial charge on any atom is 0.471 e. The van der Waals surface area contributed by atoms with E-state index >= 15 is 0 Å². The molecule has 0 radical (unpaired) electrons. The zero-order chi connectivity index (χ0) is 12.2. The number of rotatable bonds is 3. The summed E-state index contributed by atoms with van der Waals surface area (Å²) in [5.41, 5.74) is 0.0388. The Morgan fingerprint density at radius 3 is 2.25 bits per heavy atom. The van der Waals surface area contributed by atoms with Gasteiger partial charge < -0.3 is 4.79 Å². The summed E-state index contributed by atoms with van der Waals surface area (Å²) in [4.78, 5) is 21.6. The molecule has 0 saturated carbocycles. The van der Waals surface area contributed by atoms with Gasteiger partial charge in [0, 0.05) is 5.69 Å². The fourth-order valence-electron chi connectivity index (χ4n) is 1.14. The zero-order valence-electron chi connectivity index (χ0n) is 8.07. The summed E-state index contributed by atoms with van der Waals surface area (Å²) in [6.45, 7) is -0.623. The van der Waals surface area contributed by atoms with Crippen LogP contribution in [0.3, 0.4) is 0 Å². The van der Waals surface area contributed by atoms with Gasteiger partial charge in [-0.15, -0.1) is 0 Å². The second kappa shape index (κ2) is 4.78. The van der Waals surface area contributed by atoms with Crippen LogP contribution in [0.5, 0.6) is 0 Å². The van der Waals surface area contributed by atoms with Crippen molar-refractivity contribution in [1.29, 1.82) is 0 Å².